The summed E-state index contributed by atoms with van der Waals surface area (Å²) in [4.78, 5) is 57.5. The van der Waals surface area contributed by atoms with Gasteiger partial charge in [0.05, 0.1) is 23.7 Å². The second-order valence-corrected chi connectivity index (χ2v) is 12.6. The molecule has 0 saturated carbocycles. The van der Waals surface area contributed by atoms with Crippen LogP contribution in [-0.4, -0.2) is 57.7 Å². The van der Waals surface area contributed by atoms with Crippen molar-refractivity contribution in [2.45, 2.75) is 42.0 Å². The van der Waals surface area contributed by atoms with Crippen molar-refractivity contribution in [3.8, 4) is 11.5 Å². The van der Waals surface area contributed by atoms with E-state index in [2.05, 4.69) is 0 Å². The lowest BCUT2D eigenvalue weighted by molar-refractivity contribution is -0.133. The Kier molecular flexibility index (Phi) is 7.14. The van der Waals surface area contributed by atoms with Gasteiger partial charge in [0, 0.05) is 28.9 Å². The first-order valence-corrected chi connectivity index (χ1v) is 15.0. The van der Waals surface area contributed by atoms with Crippen LogP contribution in [0.3, 0.4) is 0 Å². The molecule has 9 nitrogen and oxygen atoms in total. The van der Waals surface area contributed by atoms with E-state index in [-0.39, 0.29) is 34.7 Å². The molecule has 1 aromatic heterocycles. The Morgan fingerprint density at radius 3 is 2.48 bits per heavy atom. The number of thioether (sulfide) groups is 1. The molecule has 3 aromatic rings. The average molecular weight is 600 g/mol. The molecule has 3 aliphatic heterocycles. The molecule has 0 aliphatic carbocycles. The van der Waals surface area contributed by atoms with Crippen molar-refractivity contribution in [3.05, 3.63) is 67.6 Å². The van der Waals surface area contributed by atoms with Crippen LogP contribution in [0.5, 0.6) is 11.5 Å². The van der Waals surface area contributed by atoms with Crippen LogP contribution >= 0.6 is 34.7 Å². The number of benzene rings is 2. The predicted octanol–water partition coefficient (Wildman–Crippen LogP) is 4.09. The summed E-state index contributed by atoms with van der Waals surface area (Å²) in [5.74, 6) is -2.23. The van der Waals surface area contributed by atoms with Crippen LogP contribution in [0, 0.1) is 5.92 Å². The molecule has 0 radical (unpaired) electrons. The van der Waals surface area contributed by atoms with Crippen molar-refractivity contribution >= 4 is 58.1 Å². The van der Waals surface area contributed by atoms with Crippen LogP contribution in [0.4, 0.5) is 5.69 Å². The third-order valence-electron chi connectivity index (χ3n) is 7.70. The Morgan fingerprint density at radius 2 is 1.77 bits per heavy atom. The van der Waals surface area contributed by atoms with E-state index in [0.29, 0.717) is 39.3 Å². The molecule has 2 saturated heterocycles. The molecule has 1 N–H and O–H groups in total. The highest BCUT2D eigenvalue weighted by atomic mass is 35.5. The average Bonchev–Trinajstić information content (AvgIpc) is 3.40. The van der Waals surface area contributed by atoms with Crippen molar-refractivity contribution in [1.82, 2.24) is 9.47 Å². The van der Waals surface area contributed by atoms with Gasteiger partial charge < -0.3 is 14.7 Å². The number of piperidine rings is 1. The first kappa shape index (κ1) is 26.9. The summed E-state index contributed by atoms with van der Waals surface area (Å²) in [5.41, 5.74) is 1.04. The van der Waals surface area contributed by atoms with E-state index in [1.54, 1.807) is 41.3 Å². The smallest absolute Gasteiger partial charge is 0.308 e. The Balaban J connectivity index is 1.46. The van der Waals surface area contributed by atoms with Crippen LogP contribution in [0.2, 0.25) is 5.02 Å². The molecule has 3 aliphatic rings. The molecule has 2 fully saturated rings. The van der Waals surface area contributed by atoms with E-state index in [4.69, 9.17) is 16.3 Å². The zero-order valence-electron chi connectivity index (χ0n) is 21.5. The number of hydrogen-bond acceptors (Lipinski definition) is 8. The van der Waals surface area contributed by atoms with Crippen LogP contribution in [0.25, 0.3) is 0 Å². The second kappa shape index (κ2) is 10.6. The lowest BCUT2D eigenvalue weighted by Crippen LogP contribution is -2.39. The zero-order valence-corrected chi connectivity index (χ0v) is 23.9. The van der Waals surface area contributed by atoms with Crippen LogP contribution in [0.15, 0.2) is 52.3 Å². The fraction of sp³-hybridized carbons (Fsp3) is 0.357. The Morgan fingerprint density at radius 1 is 1.05 bits per heavy atom. The van der Waals surface area contributed by atoms with Crippen LogP contribution in [-0.2, 0) is 20.9 Å². The van der Waals surface area contributed by atoms with Crippen LogP contribution < -0.4 is 14.5 Å². The van der Waals surface area contributed by atoms with Crippen molar-refractivity contribution in [1.29, 1.82) is 0 Å². The number of fused-ring (bicyclic) bond motifs is 2. The number of likely N-dealkylation sites (tertiary alicyclic amines) is 1. The number of nitrogens with zero attached hydrogens (tertiary/aromatic N) is 3. The first-order chi connectivity index (χ1) is 19.3. The lowest BCUT2D eigenvalue weighted by atomic mass is 9.83. The van der Waals surface area contributed by atoms with E-state index >= 15 is 0 Å². The SMILES string of the molecule is COc1cc(C2c3sc(=O)n(CC(=O)N4CCCCC4)c3SC3C(=O)N(c4ccc(Cl)cc4)C(=O)C32)ccc1O. The highest BCUT2D eigenvalue weighted by Gasteiger charge is 2.57. The number of halogens is 1. The van der Waals surface area contributed by atoms with Crippen molar-refractivity contribution in [2.75, 3.05) is 25.1 Å². The van der Waals surface area contributed by atoms with E-state index < -0.39 is 23.0 Å². The van der Waals surface area contributed by atoms with Gasteiger partial charge >= 0.3 is 4.87 Å². The third kappa shape index (κ3) is 4.49. The van der Waals surface area contributed by atoms with E-state index in [1.807, 2.05) is 0 Å². The number of aromatic nitrogens is 1. The van der Waals surface area contributed by atoms with Gasteiger partial charge in [-0.2, -0.15) is 0 Å². The van der Waals surface area contributed by atoms with Gasteiger partial charge in [0.25, 0.3) is 0 Å². The normalized spacial score (nSPS) is 22.3. The highest BCUT2D eigenvalue weighted by Crippen LogP contribution is 2.54. The quantitative estimate of drug-likeness (QED) is 0.440. The van der Waals surface area contributed by atoms with Gasteiger partial charge in [0.15, 0.2) is 11.5 Å². The number of anilines is 1. The molecule has 3 atom stereocenters. The number of carbonyl (C=O) groups is 3. The highest BCUT2D eigenvalue weighted by molar-refractivity contribution is 8.00. The number of amides is 3. The number of hydrogen-bond donors (Lipinski definition) is 1. The predicted molar refractivity (Wildman–Crippen MR) is 153 cm³/mol. The molecule has 3 unspecified atom stereocenters. The van der Waals surface area contributed by atoms with Crippen molar-refractivity contribution in [3.63, 3.8) is 0 Å². The van der Waals surface area contributed by atoms with Gasteiger partial charge in [-0.1, -0.05) is 40.8 Å². The molecule has 208 valence electrons. The first-order valence-electron chi connectivity index (χ1n) is 13.0. The summed E-state index contributed by atoms with van der Waals surface area (Å²) in [5, 5.41) is 10.4. The number of phenols is 1. The molecule has 4 heterocycles. The van der Waals surface area contributed by atoms with E-state index in [9.17, 15) is 24.3 Å². The zero-order chi connectivity index (χ0) is 28.1. The van der Waals surface area contributed by atoms with Gasteiger partial charge in [0.1, 0.15) is 11.8 Å². The number of imide groups is 1. The standard InChI is InChI=1S/C28H26ClN3O6S2/c1-38-19-13-15(5-10-18(19)33)21-22-23(26(36)32(25(22)35)17-8-6-16(29)7-9-17)39-27-24(21)40-28(37)31(27)14-20(34)30-11-3-2-4-12-30/h5-10,13,21-23,33H,2-4,11-12,14H2,1H3. The second-order valence-electron chi connectivity index (χ2n) is 10.0. The summed E-state index contributed by atoms with van der Waals surface area (Å²) in [7, 11) is 1.43. The van der Waals surface area contributed by atoms with Crippen LogP contribution in [0.1, 0.15) is 35.6 Å². The molecular weight excluding hydrogens is 574 g/mol. The maximum Gasteiger partial charge on any atom is 0.308 e. The number of thiazole rings is 1. The minimum absolute atomic E-state index is 0.0669. The molecule has 2 aromatic carbocycles. The summed E-state index contributed by atoms with van der Waals surface area (Å²) in [6.07, 6.45) is 2.94. The Labute approximate surface area is 243 Å². The summed E-state index contributed by atoms with van der Waals surface area (Å²) in [6, 6.07) is 11.3. The largest absolute Gasteiger partial charge is 0.504 e. The number of ether oxygens (including phenoxy) is 1. The molecule has 0 bridgehead atoms. The van der Waals surface area contributed by atoms with Gasteiger partial charge in [-0.3, -0.25) is 23.7 Å². The van der Waals surface area contributed by atoms with E-state index in [0.717, 1.165) is 30.6 Å². The van der Waals surface area contributed by atoms with Gasteiger partial charge in [-0.25, -0.2) is 4.90 Å². The Hall–Kier alpha value is -3.28. The summed E-state index contributed by atoms with van der Waals surface area (Å²) < 4.78 is 6.78. The molecule has 40 heavy (non-hydrogen) atoms. The Bertz CT molecular complexity index is 1560. The third-order valence-corrected chi connectivity index (χ3v) is 10.6. The molecule has 0 spiro atoms. The number of methoxy groups -OCH3 is 1. The minimum Gasteiger partial charge on any atom is -0.504 e. The number of aromatic hydroxyl groups is 1. The van der Waals surface area contributed by atoms with Gasteiger partial charge in [0.2, 0.25) is 17.7 Å². The van der Waals surface area contributed by atoms with E-state index in [1.165, 1.54) is 34.4 Å². The lowest BCUT2D eigenvalue weighted by Gasteiger charge is -2.31. The molecule has 3 amide bonds. The number of rotatable bonds is 5. The summed E-state index contributed by atoms with van der Waals surface area (Å²) >= 11 is 8.21. The van der Waals surface area contributed by atoms with Gasteiger partial charge in [-0.05, 0) is 61.2 Å². The maximum atomic E-state index is 14.0. The fourth-order valence-electron chi connectivity index (χ4n) is 5.73. The summed E-state index contributed by atoms with van der Waals surface area (Å²) in [6.45, 7) is 1.21. The number of carbonyl (C=O) groups excluding carboxylic acids is 3. The topological polar surface area (TPSA) is 109 Å². The molecule has 6 rings (SSSR count). The number of phenolic OH excluding ortho intramolecular Hbond substituents is 1. The maximum absolute atomic E-state index is 14.0. The van der Waals surface area contributed by atoms with Gasteiger partial charge in [-0.15, -0.1) is 0 Å². The monoisotopic (exact) mass is 599 g/mol. The molecular formula is C28H26ClN3O6S2. The minimum atomic E-state index is -0.814. The fourth-order valence-corrected chi connectivity index (χ4v) is 8.62. The molecule has 12 heteroatoms. The van der Waals surface area contributed by atoms with Crippen molar-refractivity contribution < 1.29 is 24.2 Å². The van der Waals surface area contributed by atoms with Crippen molar-refractivity contribution in [2.24, 2.45) is 5.92 Å².